The molecule has 0 aliphatic heterocycles. The molecule has 2 rings (SSSR count). The number of hydrogen-bond donors (Lipinski definition) is 1. The summed E-state index contributed by atoms with van der Waals surface area (Å²) in [7, 11) is -1.61. The fraction of sp³-hybridized carbons (Fsp3) is 0.500. The molecule has 0 saturated heterocycles. The lowest BCUT2D eigenvalue weighted by Crippen LogP contribution is -2.17. The molecular weight excluding hydrogens is 288 g/mol. The molecular formula is C10H14N4O3S2. The highest BCUT2D eigenvalue weighted by atomic mass is 32.2. The van der Waals surface area contributed by atoms with Crippen molar-refractivity contribution in [3.8, 4) is 5.88 Å². The minimum atomic E-state index is -3.11. The Hall–Kier alpha value is -1.48. The Morgan fingerprint density at radius 1 is 1.53 bits per heavy atom. The van der Waals surface area contributed by atoms with Crippen molar-refractivity contribution >= 4 is 33.2 Å². The van der Waals surface area contributed by atoms with Crippen molar-refractivity contribution in [2.75, 3.05) is 19.1 Å². The Labute approximate surface area is 115 Å². The highest BCUT2D eigenvalue weighted by molar-refractivity contribution is 7.90. The van der Waals surface area contributed by atoms with Crippen LogP contribution >= 0.6 is 12.2 Å². The van der Waals surface area contributed by atoms with E-state index in [1.807, 2.05) is 0 Å². The van der Waals surface area contributed by atoms with E-state index in [1.54, 1.807) is 11.5 Å². The third-order valence-electron chi connectivity index (χ3n) is 2.65. The van der Waals surface area contributed by atoms with Crippen molar-refractivity contribution in [2.24, 2.45) is 0 Å². The third-order valence-corrected chi connectivity index (χ3v) is 4.04. The van der Waals surface area contributed by atoms with Gasteiger partial charge in [0.15, 0.2) is 10.4 Å². The van der Waals surface area contributed by atoms with E-state index in [1.165, 1.54) is 19.7 Å². The van der Waals surface area contributed by atoms with Crippen molar-refractivity contribution < 1.29 is 13.2 Å². The molecule has 104 valence electrons. The molecule has 2 aromatic rings. The number of fused-ring (bicyclic) bond motifs is 1. The topological polar surface area (TPSA) is 89.9 Å². The van der Waals surface area contributed by atoms with Crippen LogP contribution in [0.1, 0.15) is 13.0 Å². The smallest absolute Gasteiger partial charge is 0.242 e. The molecule has 0 aliphatic carbocycles. The number of ether oxygens (including phenoxy) is 1. The fourth-order valence-corrected chi connectivity index (χ4v) is 3.39. The molecule has 0 saturated carbocycles. The van der Waals surface area contributed by atoms with Crippen LogP contribution in [0.15, 0.2) is 6.33 Å². The molecule has 0 aromatic carbocycles. The number of methoxy groups -OCH3 is 1. The first-order valence-electron chi connectivity index (χ1n) is 5.50. The monoisotopic (exact) mass is 302 g/mol. The number of rotatable bonds is 4. The fourth-order valence-electron chi connectivity index (χ4n) is 1.99. The van der Waals surface area contributed by atoms with E-state index >= 15 is 0 Å². The van der Waals surface area contributed by atoms with Gasteiger partial charge in [-0.1, -0.05) is 0 Å². The van der Waals surface area contributed by atoms with Crippen molar-refractivity contribution in [1.82, 2.24) is 19.5 Å². The van der Waals surface area contributed by atoms with Gasteiger partial charge in [0, 0.05) is 12.3 Å². The summed E-state index contributed by atoms with van der Waals surface area (Å²) < 4.78 is 30.0. The number of sulfone groups is 1. The van der Waals surface area contributed by atoms with Crippen LogP contribution in [-0.4, -0.2) is 47.1 Å². The van der Waals surface area contributed by atoms with Gasteiger partial charge in [-0.25, -0.2) is 13.4 Å². The van der Waals surface area contributed by atoms with E-state index in [-0.39, 0.29) is 11.8 Å². The van der Waals surface area contributed by atoms with Gasteiger partial charge in [0.1, 0.15) is 21.7 Å². The van der Waals surface area contributed by atoms with Crippen molar-refractivity contribution in [1.29, 1.82) is 0 Å². The van der Waals surface area contributed by atoms with Crippen molar-refractivity contribution in [3.05, 3.63) is 11.1 Å². The number of nitrogens with zero attached hydrogens (tertiary/aromatic N) is 3. The summed E-state index contributed by atoms with van der Waals surface area (Å²) in [4.78, 5) is 11.1. The first-order valence-corrected chi connectivity index (χ1v) is 7.97. The molecule has 1 atom stereocenters. The van der Waals surface area contributed by atoms with Crippen LogP contribution in [0.5, 0.6) is 5.88 Å². The largest absolute Gasteiger partial charge is 0.479 e. The van der Waals surface area contributed by atoms with Crippen LogP contribution in [0.2, 0.25) is 0 Å². The summed E-state index contributed by atoms with van der Waals surface area (Å²) >= 11 is 5.22. The maximum atomic E-state index is 11.4. The highest BCUT2D eigenvalue weighted by Crippen LogP contribution is 2.23. The molecule has 0 spiro atoms. The Balaban J connectivity index is 2.61. The molecule has 7 nitrogen and oxygen atoms in total. The van der Waals surface area contributed by atoms with Crippen LogP contribution in [0.4, 0.5) is 0 Å². The second-order valence-corrected chi connectivity index (χ2v) is 6.89. The molecule has 0 fully saturated rings. The zero-order valence-electron chi connectivity index (χ0n) is 10.7. The zero-order chi connectivity index (χ0) is 14.2. The zero-order valence-corrected chi connectivity index (χ0v) is 12.4. The number of aromatic nitrogens is 4. The summed E-state index contributed by atoms with van der Waals surface area (Å²) in [6, 6.07) is -0.323. The Morgan fingerprint density at radius 3 is 2.79 bits per heavy atom. The van der Waals surface area contributed by atoms with Gasteiger partial charge in [-0.2, -0.15) is 4.98 Å². The summed E-state index contributed by atoms with van der Waals surface area (Å²) in [6.45, 7) is 1.78. The summed E-state index contributed by atoms with van der Waals surface area (Å²) in [6.07, 6.45) is 2.55. The predicted octanol–water partition coefficient (Wildman–Crippen LogP) is 1.10. The third kappa shape index (κ3) is 2.76. The average Bonchev–Trinajstić information content (AvgIpc) is 2.62. The van der Waals surface area contributed by atoms with Crippen molar-refractivity contribution in [2.45, 2.75) is 13.0 Å². The Morgan fingerprint density at radius 2 is 2.21 bits per heavy atom. The summed E-state index contributed by atoms with van der Waals surface area (Å²) in [5.74, 6) is 0.363. The second-order valence-electron chi connectivity index (χ2n) is 4.32. The van der Waals surface area contributed by atoms with Gasteiger partial charge in [0.2, 0.25) is 5.88 Å². The van der Waals surface area contributed by atoms with Crippen LogP contribution in [0.3, 0.4) is 0 Å². The lowest BCUT2D eigenvalue weighted by atomic mass is 10.4. The van der Waals surface area contributed by atoms with E-state index in [0.717, 1.165) is 0 Å². The number of hydrogen-bond acceptors (Lipinski definition) is 6. The van der Waals surface area contributed by atoms with Gasteiger partial charge in [0.25, 0.3) is 0 Å². The van der Waals surface area contributed by atoms with E-state index in [4.69, 9.17) is 17.0 Å². The van der Waals surface area contributed by atoms with Gasteiger partial charge in [-0.3, -0.25) is 4.57 Å². The Bertz CT molecular complexity index is 763. The van der Waals surface area contributed by atoms with Crippen LogP contribution in [0.25, 0.3) is 11.2 Å². The summed E-state index contributed by atoms with van der Waals surface area (Å²) in [5, 5.41) is 0. The molecule has 1 unspecified atom stereocenters. The molecule has 9 heteroatoms. The van der Waals surface area contributed by atoms with Gasteiger partial charge in [-0.05, 0) is 19.1 Å². The van der Waals surface area contributed by atoms with Crippen LogP contribution < -0.4 is 4.74 Å². The van der Waals surface area contributed by atoms with Gasteiger partial charge >= 0.3 is 0 Å². The van der Waals surface area contributed by atoms with Gasteiger partial charge in [0.05, 0.1) is 12.9 Å². The average molecular weight is 302 g/mol. The normalized spacial score (nSPS) is 13.6. The first-order chi connectivity index (χ1) is 8.83. The SMILES string of the molecule is COc1ncnc2c1[nH]c(=S)n2C(C)CS(C)(=O)=O. The van der Waals surface area contributed by atoms with E-state index in [9.17, 15) is 8.42 Å². The predicted molar refractivity (Wildman–Crippen MR) is 73.7 cm³/mol. The lowest BCUT2D eigenvalue weighted by Gasteiger charge is -2.12. The second kappa shape index (κ2) is 4.89. The number of H-pyrrole nitrogens is 1. The number of aromatic amines is 1. The Kier molecular flexibility index (Phi) is 3.59. The number of nitrogens with one attached hydrogen (secondary N) is 1. The van der Waals surface area contributed by atoms with Crippen molar-refractivity contribution in [3.63, 3.8) is 0 Å². The standard InChI is InChI=1S/C10H14N4O3S2/c1-6(4-19(3,15)16)14-8-7(13-10(14)18)9(17-2)12-5-11-8/h5-6H,4H2,1-3H3,(H,13,18). The van der Waals surface area contributed by atoms with Crippen LogP contribution in [0, 0.1) is 4.77 Å². The maximum Gasteiger partial charge on any atom is 0.242 e. The quantitative estimate of drug-likeness (QED) is 0.851. The van der Waals surface area contributed by atoms with E-state index in [0.29, 0.717) is 21.8 Å². The van der Waals surface area contributed by atoms with Crippen LogP contribution in [-0.2, 0) is 9.84 Å². The molecule has 19 heavy (non-hydrogen) atoms. The first kappa shape index (κ1) is 13.9. The molecule has 0 radical (unpaired) electrons. The maximum absolute atomic E-state index is 11.4. The molecule has 2 aromatic heterocycles. The molecule has 0 bridgehead atoms. The van der Waals surface area contributed by atoms with E-state index < -0.39 is 9.84 Å². The minimum absolute atomic E-state index is 0.0133. The lowest BCUT2D eigenvalue weighted by molar-refractivity contribution is 0.401. The molecule has 0 amide bonds. The molecule has 1 N–H and O–H groups in total. The van der Waals surface area contributed by atoms with Gasteiger partial charge < -0.3 is 9.72 Å². The van der Waals surface area contributed by atoms with Gasteiger partial charge in [-0.15, -0.1) is 0 Å². The highest BCUT2D eigenvalue weighted by Gasteiger charge is 2.18. The number of imidazole rings is 1. The van der Waals surface area contributed by atoms with E-state index in [2.05, 4.69) is 15.0 Å². The summed E-state index contributed by atoms with van der Waals surface area (Å²) in [5.41, 5.74) is 1.10. The minimum Gasteiger partial charge on any atom is -0.479 e. The molecule has 2 heterocycles. The molecule has 0 aliphatic rings.